The van der Waals surface area contributed by atoms with Gasteiger partial charge in [0, 0.05) is 31.0 Å². The van der Waals surface area contributed by atoms with Crippen molar-refractivity contribution in [3.8, 4) is 0 Å². The fraction of sp³-hybridized carbons (Fsp3) is 0.333. The third-order valence-corrected chi connectivity index (χ3v) is 4.91. The average molecular weight is 286 g/mol. The van der Waals surface area contributed by atoms with Crippen molar-refractivity contribution in [3.05, 3.63) is 60.7 Å². The fourth-order valence-corrected chi connectivity index (χ4v) is 3.63. The summed E-state index contributed by atoms with van der Waals surface area (Å²) in [5.41, 5.74) is 2.19. The molecule has 0 spiro atoms. The zero-order valence-corrected chi connectivity index (χ0v) is 12.4. The van der Waals surface area contributed by atoms with E-state index in [9.17, 15) is 0 Å². The van der Waals surface area contributed by atoms with Gasteiger partial charge >= 0.3 is 0 Å². The molecule has 0 bridgehead atoms. The van der Waals surface area contributed by atoms with Crippen LogP contribution < -0.4 is 4.00 Å². The highest BCUT2D eigenvalue weighted by Crippen LogP contribution is 2.44. The van der Waals surface area contributed by atoms with Crippen molar-refractivity contribution in [2.45, 2.75) is 38.1 Å². The number of hydrogen-bond acceptors (Lipinski definition) is 0. The Morgan fingerprint density at radius 1 is 0.900 bits per heavy atom. The molecule has 1 aliphatic rings. The molecule has 2 heteroatoms. The first-order valence-corrected chi connectivity index (χ1v) is 7.77. The van der Waals surface area contributed by atoms with Crippen molar-refractivity contribution in [2.24, 2.45) is 0 Å². The normalized spacial score (nSPS) is 17.1. The van der Waals surface area contributed by atoms with E-state index >= 15 is 0 Å². The highest BCUT2D eigenvalue weighted by Gasteiger charge is 2.41. The van der Waals surface area contributed by atoms with Crippen molar-refractivity contribution in [1.82, 2.24) is 4.00 Å². The van der Waals surface area contributed by atoms with Gasteiger partial charge in [-0.15, -0.1) is 0 Å². The van der Waals surface area contributed by atoms with Gasteiger partial charge < -0.3 is 0 Å². The van der Waals surface area contributed by atoms with E-state index in [-0.39, 0.29) is 0 Å². The molecular formula is C18H20ClN+. The molecule has 1 nitrogen and oxygen atoms in total. The predicted octanol–water partition coefficient (Wildman–Crippen LogP) is 5.61. The van der Waals surface area contributed by atoms with Crippen LogP contribution in [0.3, 0.4) is 0 Å². The van der Waals surface area contributed by atoms with Gasteiger partial charge in [0.1, 0.15) is 6.04 Å². The third-order valence-electron chi connectivity index (χ3n) is 4.25. The molecule has 0 amide bonds. The van der Waals surface area contributed by atoms with Gasteiger partial charge in [-0.3, -0.25) is 0 Å². The smallest absolute Gasteiger partial charge is 0.155 e. The lowest BCUT2D eigenvalue weighted by Crippen LogP contribution is -2.45. The lowest BCUT2D eigenvalue weighted by molar-refractivity contribution is 0.320. The number of para-hydroxylation sites is 2. The van der Waals surface area contributed by atoms with E-state index in [2.05, 4.69) is 36.4 Å². The number of quaternary nitrogens is 1. The second-order valence-corrected chi connectivity index (χ2v) is 6.05. The molecule has 1 fully saturated rings. The van der Waals surface area contributed by atoms with Gasteiger partial charge in [0.05, 0.1) is 6.07 Å². The first-order valence-electron chi connectivity index (χ1n) is 7.43. The van der Waals surface area contributed by atoms with Crippen molar-refractivity contribution in [3.63, 3.8) is 0 Å². The van der Waals surface area contributed by atoms with Crippen molar-refractivity contribution in [2.75, 3.05) is 0 Å². The number of rotatable bonds is 3. The summed E-state index contributed by atoms with van der Waals surface area (Å²) in [5, 5.41) is 0. The lowest BCUT2D eigenvalue weighted by Gasteiger charge is -2.37. The lowest BCUT2D eigenvalue weighted by atomic mass is 9.93. The van der Waals surface area contributed by atoms with Crippen LogP contribution in [0.2, 0.25) is 0 Å². The van der Waals surface area contributed by atoms with Crippen LogP contribution in [0.25, 0.3) is 0 Å². The van der Waals surface area contributed by atoms with Crippen LogP contribution >= 0.6 is 11.8 Å². The minimum absolute atomic E-state index is 0.363. The highest BCUT2D eigenvalue weighted by atomic mass is 35.5. The van der Waals surface area contributed by atoms with E-state index in [1.54, 1.807) is 0 Å². The Morgan fingerprint density at radius 3 is 2.25 bits per heavy atom. The Kier molecular flexibility index (Phi) is 4.09. The van der Waals surface area contributed by atoms with Gasteiger partial charge in [0.25, 0.3) is 0 Å². The molecule has 0 aliphatic heterocycles. The molecule has 1 aliphatic carbocycles. The Bertz CT molecular complexity index is 492. The quantitative estimate of drug-likeness (QED) is 0.643. The molecule has 3 rings (SSSR count). The summed E-state index contributed by atoms with van der Waals surface area (Å²) in [7, 11) is 0. The largest absolute Gasteiger partial charge is 0.177 e. The van der Waals surface area contributed by atoms with Crippen LogP contribution in [0.5, 0.6) is 0 Å². The minimum Gasteiger partial charge on any atom is -0.155 e. The van der Waals surface area contributed by atoms with Gasteiger partial charge in [-0.05, 0) is 18.9 Å². The van der Waals surface area contributed by atoms with Crippen LogP contribution in [-0.2, 0) is 0 Å². The summed E-state index contributed by atoms with van der Waals surface area (Å²) in [5.74, 6) is 0. The van der Waals surface area contributed by atoms with Crippen LogP contribution in [0.15, 0.2) is 54.6 Å². The second kappa shape index (κ2) is 5.99. The number of halogens is 1. The first-order chi connectivity index (χ1) is 9.82. The van der Waals surface area contributed by atoms with E-state index in [1.165, 1.54) is 32.1 Å². The van der Waals surface area contributed by atoms with Crippen LogP contribution in [0.1, 0.15) is 32.1 Å². The molecule has 0 aromatic heterocycles. The van der Waals surface area contributed by atoms with E-state index in [0.29, 0.717) is 10.0 Å². The molecule has 0 heterocycles. The molecular weight excluding hydrogens is 266 g/mol. The molecule has 2 aromatic carbocycles. The van der Waals surface area contributed by atoms with Gasteiger partial charge in [0.15, 0.2) is 23.2 Å². The number of hydrogen-bond donors (Lipinski definition) is 0. The summed E-state index contributed by atoms with van der Waals surface area (Å²) < 4.78 is 0.363. The summed E-state index contributed by atoms with van der Waals surface area (Å²) in [6.07, 6.45) is 6.25. The molecule has 2 aromatic rings. The molecule has 1 unspecified atom stereocenters. The van der Waals surface area contributed by atoms with E-state index < -0.39 is 0 Å². The number of benzene rings is 2. The van der Waals surface area contributed by atoms with E-state index in [1.807, 2.05) is 24.3 Å². The zero-order valence-electron chi connectivity index (χ0n) is 11.6. The van der Waals surface area contributed by atoms with Gasteiger partial charge in [-0.2, -0.15) is 4.00 Å². The standard InChI is InChI=1S/C18H20ClN/c19-20(16-10-4-1-5-11-16,17-12-6-2-7-13-17)18-14-8-3-9-15-18/h1-2,4-7,10-12,18H,3,8-9,14-15H2/q+1. The Balaban J connectivity index is 2.07. The Labute approximate surface area is 126 Å². The zero-order chi connectivity index (χ0) is 13.8. The summed E-state index contributed by atoms with van der Waals surface area (Å²) in [6, 6.07) is 22.3. The van der Waals surface area contributed by atoms with Crippen LogP contribution in [0.4, 0.5) is 11.4 Å². The van der Waals surface area contributed by atoms with Gasteiger partial charge in [-0.25, -0.2) is 0 Å². The number of nitrogens with zero attached hydrogens (tertiary/aromatic N) is 1. The maximum atomic E-state index is 7.18. The Morgan fingerprint density at radius 2 is 1.60 bits per heavy atom. The molecule has 20 heavy (non-hydrogen) atoms. The SMILES string of the molecule is Cl[N+](c1[c]cccc1)(c1ccccc1)C1CCCCC1. The molecule has 103 valence electrons. The van der Waals surface area contributed by atoms with Crippen molar-refractivity contribution < 1.29 is 0 Å². The molecule has 0 saturated heterocycles. The minimum atomic E-state index is 0.363. The molecule has 1 saturated carbocycles. The van der Waals surface area contributed by atoms with Crippen LogP contribution in [0, 0.1) is 6.07 Å². The first kappa shape index (κ1) is 13.7. The monoisotopic (exact) mass is 285 g/mol. The van der Waals surface area contributed by atoms with E-state index in [4.69, 9.17) is 11.8 Å². The second-order valence-electron chi connectivity index (χ2n) is 5.51. The average Bonchev–Trinajstić information content (AvgIpc) is 2.56. The summed E-state index contributed by atoms with van der Waals surface area (Å²) in [4.78, 5) is 0. The van der Waals surface area contributed by atoms with Crippen LogP contribution in [-0.4, -0.2) is 6.04 Å². The highest BCUT2D eigenvalue weighted by molar-refractivity contribution is 6.24. The fourth-order valence-electron chi connectivity index (χ4n) is 3.21. The maximum absolute atomic E-state index is 7.18. The van der Waals surface area contributed by atoms with Gasteiger partial charge in [0.2, 0.25) is 0 Å². The molecule has 0 N–H and O–H groups in total. The molecule has 1 radical (unpaired) electrons. The summed E-state index contributed by atoms with van der Waals surface area (Å²) in [6.45, 7) is 0. The van der Waals surface area contributed by atoms with E-state index in [0.717, 1.165) is 11.4 Å². The van der Waals surface area contributed by atoms with Gasteiger partial charge in [-0.1, -0.05) is 36.8 Å². The van der Waals surface area contributed by atoms with Crippen molar-refractivity contribution in [1.29, 1.82) is 0 Å². The Hall–Kier alpha value is -1.31. The third kappa shape index (κ3) is 2.48. The molecule has 1 atom stereocenters. The maximum Gasteiger partial charge on any atom is 0.177 e. The summed E-state index contributed by atoms with van der Waals surface area (Å²) >= 11 is 7.18. The topological polar surface area (TPSA) is 0 Å². The predicted molar refractivity (Wildman–Crippen MR) is 85.9 cm³/mol. The van der Waals surface area contributed by atoms with Crippen molar-refractivity contribution >= 4 is 23.2 Å².